The Morgan fingerprint density at radius 3 is 2.70 bits per heavy atom. The van der Waals surface area contributed by atoms with E-state index >= 15 is 0 Å². The zero-order valence-electron chi connectivity index (χ0n) is 13.7. The lowest BCUT2D eigenvalue weighted by Gasteiger charge is -2.36. The van der Waals surface area contributed by atoms with E-state index in [4.69, 9.17) is 9.26 Å². The van der Waals surface area contributed by atoms with Crippen LogP contribution in [0, 0.1) is 12.8 Å². The maximum atomic E-state index is 12.8. The van der Waals surface area contributed by atoms with Gasteiger partial charge in [-0.15, -0.1) is 0 Å². The molecule has 4 aliphatic rings. The molecule has 126 valence electrons. The van der Waals surface area contributed by atoms with Crippen molar-refractivity contribution >= 4 is 5.91 Å². The van der Waals surface area contributed by atoms with Crippen molar-refractivity contribution in [2.75, 3.05) is 32.8 Å². The van der Waals surface area contributed by atoms with Crippen molar-refractivity contribution < 1.29 is 14.1 Å². The van der Waals surface area contributed by atoms with Crippen LogP contribution < -0.4 is 0 Å². The van der Waals surface area contributed by atoms with Crippen molar-refractivity contribution in [2.24, 2.45) is 5.92 Å². The second kappa shape index (κ2) is 6.24. The van der Waals surface area contributed by atoms with Crippen LogP contribution in [0.5, 0.6) is 0 Å². The third-order valence-electron chi connectivity index (χ3n) is 5.56. The zero-order valence-corrected chi connectivity index (χ0v) is 13.7. The Kier molecular flexibility index (Phi) is 4.11. The normalized spacial score (nSPS) is 29.7. The Labute approximate surface area is 136 Å². The minimum Gasteiger partial charge on any atom is -0.381 e. The van der Waals surface area contributed by atoms with E-state index in [0.29, 0.717) is 29.5 Å². The van der Waals surface area contributed by atoms with Gasteiger partial charge in [0.05, 0.1) is 0 Å². The molecular formula is C17H25N3O3. The minimum absolute atomic E-state index is 0.0328. The van der Waals surface area contributed by atoms with Crippen LogP contribution in [0.1, 0.15) is 41.9 Å². The number of fused-ring (bicyclic) bond motifs is 4. The quantitative estimate of drug-likeness (QED) is 0.830. The topological polar surface area (TPSA) is 58.8 Å². The van der Waals surface area contributed by atoms with Crippen molar-refractivity contribution in [3.05, 3.63) is 17.5 Å². The van der Waals surface area contributed by atoms with Gasteiger partial charge in [-0.2, -0.15) is 0 Å². The van der Waals surface area contributed by atoms with E-state index in [1.54, 1.807) is 6.07 Å². The minimum atomic E-state index is 0.0328. The highest BCUT2D eigenvalue weighted by atomic mass is 16.5. The summed E-state index contributed by atoms with van der Waals surface area (Å²) in [6.07, 6.45) is 4.57. The highest BCUT2D eigenvalue weighted by molar-refractivity contribution is 5.92. The number of hydrogen-bond acceptors (Lipinski definition) is 5. The first-order valence-corrected chi connectivity index (χ1v) is 8.77. The molecule has 4 aliphatic heterocycles. The fraction of sp³-hybridized carbons (Fsp3) is 0.765. The Morgan fingerprint density at radius 2 is 1.96 bits per heavy atom. The summed E-state index contributed by atoms with van der Waals surface area (Å²) in [7, 11) is 0. The molecule has 0 unspecified atom stereocenters. The van der Waals surface area contributed by atoms with E-state index in [1.807, 2.05) is 11.8 Å². The van der Waals surface area contributed by atoms with Gasteiger partial charge in [-0.25, -0.2) is 0 Å². The number of carbonyl (C=O) groups is 1. The van der Waals surface area contributed by atoms with E-state index in [0.717, 1.165) is 52.1 Å². The van der Waals surface area contributed by atoms with E-state index < -0.39 is 0 Å². The molecule has 6 heteroatoms. The number of ether oxygens (including phenoxy) is 1. The van der Waals surface area contributed by atoms with Gasteiger partial charge < -0.3 is 14.2 Å². The van der Waals surface area contributed by atoms with Crippen molar-refractivity contribution in [3.63, 3.8) is 0 Å². The number of aromatic nitrogens is 1. The number of amides is 1. The third-order valence-corrected chi connectivity index (χ3v) is 5.56. The van der Waals surface area contributed by atoms with Crippen molar-refractivity contribution in [2.45, 2.75) is 44.7 Å². The van der Waals surface area contributed by atoms with Crippen LogP contribution >= 0.6 is 0 Å². The van der Waals surface area contributed by atoms with E-state index in [-0.39, 0.29) is 5.91 Å². The van der Waals surface area contributed by atoms with Crippen LogP contribution in [0.3, 0.4) is 0 Å². The number of piperidine rings is 1. The molecular weight excluding hydrogens is 294 g/mol. The molecule has 6 nitrogen and oxygen atoms in total. The summed E-state index contributed by atoms with van der Waals surface area (Å²) in [6, 6.07) is 2.68. The van der Waals surface area contributed by atoms with Crippen molar-refractivity contribution in [3.8, 4) is 0 Å². The molecule has 2 bridgehead atoms. The number of rotatable bonds is 2. The largest absolute Gasteiger partial charge is 0.381 e. The van der Waals surface area contributed by atoms with Crippen LogP contribution in [-0.2, 0) is 4.74 Å². The molecule has 5 heterocycles. The predicted molar refractivity (Wildman–Crippen MR) is 84.2 cm³/mol. The summed E-state index contributed by atoms with van der Waals surface area (Å²) in [4.78, 5) is 17.5. The standard InChI is InChI=1S/C17H25N3O3/c1-12-8-16(18-23-12)17(21)20-10-13-2-3-15(20)11-19(9-13)14-4-6-22-7-5-14/h8,13-15H,2-7,9-11H2,1H3/t13-,15+/m1/s1. The average molecular weight is 319 g/mol. The van der Waals surface area contributed by atoms with Crippen molar-refractivity contribution in [1.29, 1.82) is 0 Å². The molecule has 0 aromatic carbocycles. The predicted octanol–water partition coefficient (Wildman–Crippen LogP) is 1.70. The van der Waals surface area contributed by atoms with Crippen LogP contribution in [0.4, 0.5) is 0 Å². The highest BCUT2D eigenvalue weighted by Crippen LogP contribution is 2.31. The molecule has 0 N–H and O–H groups in total. The summed E-state index contributed by atoms with van der Waals surface area (Å²) in [5, 5.41) is 3.92. The lowest BCUT2D eigenvalue weighted by molar-refractivity contribution is 0.0303. The molecule has 4 saturated heterocycles. The average Bonchev–Trinajstić information content (AvgIpc) is 2.82. The summed E-state index contributed by atoms with van der Waals surface area (Å²) in [6.45, 7) is 6.53. The zero-order chi connectivity index (χ0) is 15.8. The molecule has 0 spiro atoms. The van der Waals surface area contributed by atoms with E-state index in [9.17, 15) is 4.79 Å². The molecule has 5 rings (SSSR count). The maximum Gasteiger partial charge on any atom is 0.276 e. The Balaban J connectivity index is 1.50. The second-order valence-corrected chi connectivity index (χ2v) is 7.17. The van der Waals surface area contributed by atoms with Gasteiger partial charge in [0.2, 0.25) is 0 Å². The highest BCUT2D eigenvalue weighted by Gasteiger charge is 2.40. The first-order valence-electron chi connectivity index (χ1n) is 8.77. The van der Waals surface area contributed by atoms with Gasteiger partial charge in [0.25, 0.3) is 5.91 Å². The van der Waals surface area contributed by atoms with E-state index in [2.05, 4.69) is 10.1 Å². The Bertz CT molecular complexity index is 567. The number of nitrogens with zero attached hydrogens (tertiary/aromatic N) is 3. The fourth-order valence-electron chi connectivity index (χ4n) is 4.33. The molecule has 0 saturated carbocycles. The van der Waals surface area contributed by atoms with Crippen LogP contribution in [0.25, 0.3) is 0 Å². The SMILES string of the molecule is Cc1cc(C(=O)N2C[C@@H]3CC[C@H]2CN(C2CCOCC2)C3)no1. The number of carbonyl (C=O) groups excluding carboxylic acids is 1. The molecule has 4 fully saturated rings. The Hall–Kier alpha value is -1.40. The Morgan fingerprint density at radius 1 is 1.13 bits per heavy atom. The lowest BCUT2D eigenvalue weighted by atomic mass is 9.94. The number of hydrogen-bond donors (Lipinski definition) is 0. The molecule has 2 atom stereocenters. The van der Waals surface area contributed by atoms with Gasteiger partial charge >= 0.3 is 0 Å². The van der Waals surface area contributed by atoms with Crippen LogP contribution in [0.2, 0.25) is 0 Å². The molecule has 1 aromatic rings. The fourth-order valence-corrected chi connectivity index (χ4v) is 4.33. The molecule has 1 aromatic heterocycles. The van der Waals surface area contributed by atoms with Gasteiger partial charge in [0.1, 0.15) is 5.76 Å². The lowest BCUT2D eigenvalue weighted by Crippen LogP contribution is -2.48. The van der Waals surface area contributed by atoms with Crippen LogP contribution in [-0.4, -0.2) is 65.8 Å². The van der Waals surface area contributed by atoms with Gasteiger partial charge in [0.15, 0.2) is 5.69 Å². The summed E-state index contributed by atoms with van der Waals surface area (Å²) in [5.41, 5.74) is 0.452. The smallest absolute Gasteiger partial charge is 0.276 e. The van der Waals surface area contributed by atoms with E-state index in [1.165, 1.54) is 6.42 Å². The summed E-state index contributed by atoms with van der Waals surface area (Å²) < 4.78 is 10.6. The molecule has 0 radical (unpaired) electrons. The van der Waals surface area contributed by atoms with Gasteiger partial charge in [0, 0.05) is 51.0 Å². The molecule has 0 aliphatic carbocycles. The van der Waals surface area contributed by atoms with Gasteiger partial charge in [-0.3, -0.25) is 9.69 Å². The van der Waals surface area contributed by atoms with Gasteiger partial charge in [-0.05, 0) is 38.5 Å². The maximum absolute atomic E-state index is 12.8. The first-order chi connectivity index (χ1) is 11.2. The van der Waals surface area contributed by atoms with Crippen molar-refractivity contribution in [1.82, 2.24) is 15.0 Å². The second-order valence-electron chi connectivity index (χ2n) is 7.17. The van der Waals surface area contributed by atoms with Crippen LogP contribution in [0.15, 0.2) is 10.6 Å². The van der Waals surface area contributed by atoms with Gasteiger partial charge in [-0.1, -0.05) is 5.16 Å². The summed E-state index contributed by atoms with van der Waals surface area (Å²) >= 11 is 0. The first kappa shape index (κ1) is 15.1. The summed E-state index contributed by atoms with van der Waals surface area (Å²) in [5.74, 6) is 1.30. The monoisotopic (exact) mass is 319 g/mol. The molecule has 23 heavy (non-hydrogen) atoms. The molecule has 1 amide bonds. The third kappa shape index (κ3) is 3.02. The number of aryl methyl sites for hydroxylation is 1.